The topological polar surface area (TPSA) is 24.5 Å². The summed E-state index contributed by atoms with van der Waals surface area (Å²) in [7, 11) is 1.89. The summed E-state index contributed by atoms with van der Waals surface area (Å²) >= 11 is 0. The molecule has 112 valence electrons. The number of nitrogens with zero attached hydrogens (tertiary/aromatic N) is 1. The van der Waals surface area contributed by atoms with Gasteiger partial charge in [-0.25, -0.2) is 4.39 Å². The third-order valence-electron chi connectivity index (χ3n) is 3.86. The van der Waals surface area contributed by atoms with Gasteiger partial charge in [-0.15, -0.1) is 0 Å². The zero-order valence-electron chi connectivity index (χ0n) is 12.6. The van der Waals surface area contributed by atoms with Crippen LogP contribution in [0.5, 0.6) is 0 Å². The van der Waals surface area contributed by atoms with Crippen LogP contribution in [0, 0.1) is 5.82 Å². The van der Waals surface area contributed by atoms with Crippen LogP contribution in [0.3, 0.4) is 0 Å². The summed E-state index contributed by atoms with van der Waals surface area (Å²) in [5, 5.41) is 3.22. The van der Waals surface area contributed by atoms with Crippen LogP contribution < -0.4 is 5.32 Å². The third kappa shape index (κ3) is 4.01. The molecule has 4 heteroatoms. The first-order chi connectivity index (χ1) is 9.60. The van der Waals surface area contributed by atoms with Crippen molar-refractivity contribution in [2.75, 3.05) is 26.7 Å². The van der Waals surface area contributed by atoms with Crippen LogP contribution in [0.25, 0.3) is 0 Å². The standard InChI is InChI=1S/C16H25FN2O/c1-12-10-19(11-13(2)20-12)9-8-16(18-3)14-6-4-5-7-15(14)17/h4-7,12-13,16,18H,8-11H2,1-3H3. The lowest BCUT2D eigenvalue weighted by Crippen LogP contribution is -2.46. The Kier molecular flexibility index (Phi) is 5.52. The van der Waals surface area contributed by atoms with Crippen LogP contribution in [0.2, 0.25) is 0 Å². The quantitative estimate of drug-likeness (QED) is 0.897. The fraction of sp³-hybridized carbons (Fsp3) is 0.625. The predicted molar refractivity (Wildman–Crippen MR) is 79.3 cm³/mol. The highest BCUT2D eigenvalue weighted by molar-refractivity contribution is 5.21. The Labute approximate surface area is 121 Å². The molecule has 0 bridgehead atoms. The second kappa shape index (κ2) is 7.16. The van der Waals surface area contributed by atoms with Crippen LogP contribution in [0.15, 0.2) is 24.3 Å². The van der Waals surface area contributed by atoms with Gasteiger partial charge in [0, 0.05) is 31.2 Å². The molecule has 0 radical (unpaired) electrons. The molecule has 0 aromatic heterocycles. The number of morpholine rings is 1. The summed E-state index contributed by atoms with van der Waals surface area (Å²) in [6, 6.07) is 7.07. The van der Waals surface area contributed by atoms with E-state index in [-0.39, 0.29) is 24.1 Å². The van der Waals surface area contributed by atoms with Crippen molar-refractivity contribution in [2.45, 2.75) is 38.5 Å². The smallest absolute Gasteiger partial charge is 0.127 e. The van der Waals surface area contributed by atoms with Crippen LogP contribution in [-0.4, -0.2) is 43.8 Å². The van der Waals surface area contributed by atoms with Crippen LogP contribution in [-0.2, 0) is 4.74 Å². The van der Waals surface area contributed by atoms with Crippen molar-refractivity contribution in [1.82, 2.24) is 10.2 Å². The van der Waals surface area contributed by atoms with Gasteiger partial charge in [-0.2, -0.15) is 0 Å². The van der Waals surface area contributed by atoms with Crippen molar-refractivity contribution < 1.29 is 9.13 Å². The molecule has 3 nitrogen and oxygen atoms in total. The molecule has 1 saturated heterocycles. The Morgan fingerprint density at radius 1 is 1.30 bits per heavy atom. The van der Waals surface area contributed by atoms with Crippen LogP contribution in [0.4, 0.5) is 4.39 Å². The highest BCUT2D eigenvalue weighted by Gasteiger charge is 2.23. The van der Waals surface area contributed by atoms with Gasteiger partial charge in [0.2, 0.25) is 0 Å². The monoisotopic (exact) mass is 280 g/mol. The number of benzene rings is 1. The maximum atomic E-state index is 13.8. The second-order valence-corrected chi connectivity index (χ2v) is 5.67. The highest BCUT2D eigenvalue weighted by Crippen LogP contribution is 2.21. The Bertz CT molecular complexity index is 417. The molecule has 1 heterocycles. The summed E-state index contributed by atoms with van der Waals surface area (Å²) in [6.45, 7) is 7.08. The molecule has 0 aliphatic carbocycles. The molecule has 1 N–H and O–H groups in total. The van der Waals surface area contributed by atoms with Crippen molar-refractivity contribution in [1.29, 1.82) is 0 Å². The lowest BCUT2D eigenvalue weighted by atomic mass is 10.0. The summed E-state index contributed by atoms with van der Waals surface area (Å²) < 4.78 is 19.6. The zero-order valence-corrected chi connectivity index (χ0v) is 12.6. The van der Waals surface area contributed by atoms with Crippen molar-refractivity contribution in [3.8, 4) is 0 Å². The molecule has 1 aromatic carbocycles. The third-order valence-corrected chi connectivity index (χ3v) is 3.86. The molecule has 1 aromatic rings. The molecule has 0 spiro atoms. The van der Waals surface area contributed by atoms with E-state index in [0.717, 1.165) is 31.6 Å². The van der Waals surface area contributed by atoms with Gasteiger partial charge < -0.3 is 10.1 Å². The molecule has 3 atom stereocenters. The molecule has 1 aliphatic heterocycles. The first-order valence-electron chi connectivity index (χ1n) is 7.39. The van der Waals surface area contributed by atoms with E-state index in [4.69, 9.17) is 4.74 Å². The lowest BCUT2D eigenvalue weighted by Gasteiger charge is -2.36. The highest BCUT2D eigenvalue weighted by atomic mass is 19.1. The van der Waals surface area contributed by atoms with Gasteiger partial charge in [-0.05, 0) is 33.4 Å². The molecule has 1 aliphatic rings. The summed E-state index contributed by atoms with van der Waals surface area (Å²) in [6.07, 6.45) is 1.46. The van der Waals surface area contributed by atoms with E-state index in [0.29, 0.717) is 0 Å². The van der Waals surface area contributed by atoms with E-state index >= 15 is 0 Å². The molecular formula is C16H25FN2O. The first kappa shape index (κ1) is 15.4. The van der Waals surface area contributed by atoms with E-state index < -0.39 is 0 Å². The Balaban J connectivity index is 1.93. The Hall–Kier alpha value is -0.970. The molecule has 1 fully saturated rings. The number of ether oxygens (including phenoxy) is 1. The second-order valence-electron chi connectivity index (χ2n) is 5.67. The maximum Gasteiger partial charge on any atom is 0.127 e. The van der Waals surface area contributed by atoms with E-state index in [2.05, 4.69) is 24.1 Å². The Morgan fingerprint density at radius 3 is 2.55 bits per heavy atom. The fourth-order valence-electron chi connectivity index (χ4n) is 2.99. The SMILES string of the molecule is CNC(CCN1CC(C)OC(C)C1)c1ccccc1F. The number of hydrogen-bond donors (Lipinski definition) is 1. The van der Waals surface area contributed by atoms with E-state index in [1.54, 1.807) is 6.07 Å². The van der Waals surface area contributed by atoms with Gasteiger partial charge in [0.15, 0.2) is 0 Å². The predicted octanol–water partition coefficient (Wildman–Crippen LogP) is 2.59. The lowest BCUT2D eigenvalue weighted by molar-refractivity contribution is -0.0685. The van der Waals surface area contributed by atoms with Crippen molar-refractivity contribution >= 4 is 0 Å². The van der Waals surface area contributed by atoms with Gasteiger partial charge in [-0.1, -0.05) is 18.2 Å². The molecule has 20 heavy (non-hydrogen) atoms. The van der Waals surface area contributed by atoms with Gasteiger partial charge in [0.25, 0.3) is 0 Å². The summed E-state index contributed by atoms with van der Waals surface area (Å²) in [5.41, 5.74) is 0.754. The van der Waals surface area contributed by atoms with Crippen LogP contribution >= 0.6 is 0 Å². The van der Waals surface area contributed by atoms with E-state index in [1.165, 1.54) is 6.07 Å². The van der Waals surface area contributed by atoms with Gasteiger partial charge >= 0.3 is 0 Å². The normalized spacial score (nSPS) is 25.6. The van der Waals surface area contributed by atoms with Crippen molar-refractivity contribution in [3.63, 3.8) is 0 Å². The number of nitrogens with one attached hydrogen (secondary N) is 1. The number of hydrogen-bond acceptors (Lipinski definition) is 3. The molecular weight excluding hydrogens is 255 g/mol. The minimum absolute atomic E-state index is 0.0599. The van der Waals surface area contributed by atoms with Gasteiger partial charge in [0.05, 0.1) is 12.2 Å². The minimum atomic E-state index is -0.129. The molecule has 0 saturated carbocycles. The summed E-state index contributed by atoms with van der Waals surface area (Å²) in [4.78, 5) is 2.41. The summed E-state index contributed by atoms with van der Waals surface area (Å²) in [5.74, 6) is -0.129. The zero-order chi connectivity index (χ0) is 14.5. The maximum absolute atomic E-state index is 13.8. The molecule has 2 rings (SSSR count). The number of halogens is 1. The first-order valence-corrected chi connectivity index (χ1v) is 7.39. The fourth-order valence-corrected chi connectivity index (χ4v) is 2.99. The van der Waals surface area contributed by atoms with Gasteiger partial charge in [-0.3, -0.25) is 4.90 Å². The van der Waals surface area contributed by atoms with Gasteiger partial charge in [0.1, 0.15) is 5.82 Å². The number of rotatable bonds is 5. The van der Waals surface area contributed by atoms with Crippen molar-refractivity contribution in [2.24, 2.45) is 0 Å². The minimum Gasteiger partial charge on any atom is -0.373 e. The molecule has 3 unspecified atom stereocenters. The largest absolute Gasteiger partial charge is 0.373 e. The van der Waals surface area contributed by atoms with Crippen LogP contribution in [0.1, 0.15) is 31.9 Å². The Morgan fingerprint density at radius 2 is 1.95 bits per heavy atom. The van der Waals surface area contributed by atoms with E-state index in [9.17, 15) is 4.39 Å². The van der Waals surface area contributed by atoms with E-state index in [1.807, 2.05) is 19.2 Å². The van der Waals surface area contributed by atoms with Crippen molar-refractivity contribution in [3.05, 3.63) is 35.6 Å². The average molecular weight is 280 g/mol. The molecule has 0 amide bonds. The average Bonchev–Trinajstić information content (AvgIpc) is 2.40.